The lowest BCUT2D eigenvalue weighted by molar-refractivity contribution is 0.464. The number of hydrogen-bond donors (Lipinski definition) is 0. The second kappa shape index (κ2) is 7.58. The first-order valence-corrected chi connectivity index (χ1v) is 9.69. The molecule has 0 amide bonds. The smallest absolute Gasteiger partial charge is 0.277 e. The highest BCUT2D eigenvalue weighted by Crippen LogP contribution is 2.28. The van der Waals surface area contributed by atoms with Gasteiger partial charge in [-0.15, -0.1) is 10.2 Å². The molecule has 7 heteroatoms. The molecule has 0 saturated carbocycles. The van der Waals surface area contributed by atoms with E-state index in [1.807, 2.05) is 42.5 Å². The lowest BCUT2D eigenvalue weighted by atomic mass is 10.1. The van der Waals surface area contributed by atoms with Crippen LogP contribution in [0.1, 0.15) is 17.0 Å². The molecule has 136 valence electrons. The van der Waals surface area contributed by atoms with Crippen molar-refractivity contribution in [2.75, 3.05) is 0 Å². The molecular weight excluding hydrogens is 382 g/mol. The van der Waals surface area contributed by atoms with Gasteiger partial charge in [0.1, 0.15) is 0 Å². The van der Waals surface area contributed by atoms with Gasteiger partial charge in [-0.1, -0.05) is 41.6 Å². The molecule has 0 N–H and O–H groups in total. The van der Waals surface area contributed by atoms with E-state index >= 15 is 0 Å². The third kappa shape index (κ3) is 4.07. The van der Waals surface area contributed by atoms with Crippen LogP contribution < -0.4 is 0 Å². The minimum Gasteiger partial charge on any atom is -0.440 e. The summed E-state index contributed by atoms with van der Waals surface area (Å²) in [5.41, 5.74) is 4.22. The summed E-state index contributed by atoms with van der Waals surface area (Å²) in [5.74, 6) is 2.26. The van der Waals surface area contributed by atoms with Gasteiger partial charge < -0.3 is 8.83 Å². The van der Waals surface area contributed by atoms with Gasteiger partial charge in [-0.3, -0.25) is 0 Å². The summed E-state index contributed by atoms with van der Waals surface area (Å²) in [5, 5.41) is 9.36. The quantitative estimate of drug-likeness (QED) is 0.387. The number of hydrogen-bond acceptors (Lipinski definition) is 6. The number of halogens is 1. The maximum atomic E-state index is 6.02. The third-order valence-corrected chi connectivity index (χ3v) is 5.18. The lowest BCUT2D eigenvalue weighted by Crippen LogP contribution is -1.83. The van der Waals surface area contributed by atoms with Crippen molar-refractivity contribution in [1.82, 2.24) is 15.2 Å². The molecule has 4 rings (SSSR count). The Bertz CT molecular complexity index is 1090. The topological polar surface area (TPSA) is 65.0 Å². The van der Waals surface area contributed by atoms with Crippen LogP contribution in [0.5, 0.6) is 0 Å². The highest BCUT2D eigenvalue weighted by atomic mass is 35.5. The van der Waals surface area contributed by atoms with Crippen LogP contribution >= 0.6 is 23.4 Å². The molecule has 0 radical (unpaired) electrons. The molecule has 0 aliphatic carbocycles. The van der Waals surface area contributed by atoms with Gasteiger partial charge in [0.2, 0.25) is 11.8 Å². The van der Waals surface area contributed by atoms with Crippen LogP contribution in [0.3, 0.4) is 0 Å². The van der Waals surface area contributed by atoms with Crippen LogP contribution in [0.4, 0.5) is 0 Å². The molecule has 2 aromatic carbocycles. The number of thioether (sulfide) groups is 1. The standard InChI is InChI=1S/C20H16ClN3O2S/c1-12-6-7-15(8-13(12)2)19-23-24-20(26-19)27-11-18-22-10-17(25-18)14-4-3-5-16(21)9-14/h3-10H,11H2,1-2H3. The molecule has 0 bridgehead atoms. The van der Waals surface area contributed by atoms with Gasteiger partial charge in [0, 0.05) is 16.1 Å². The largest absolute Gasteiger partial charge is 0.440 e. The van der Waals surface area contributed by atoms with Gasteiger partial charge in [-0.25, -0.2) is 4.98 Å². The minimum absolute atomic E-state index is 0.478. The fourth-order valence-corrected chi connectivity index (χ4v) is 3.34. The fraction of sp³-hybridized carbons (Fsp3) is 0.150. The number of nitrogens with zero attached hydrogens (tertiary/aromatic N) is 3. The highest BCUT2D eigenvalue weighted by molar-refractivity contribution is 7.98. The minimum atomic E-state index is 0.478. The van der Waals surface area contributed by atoms with Crippen LogP contribution in [0.2, 0.25) is 5.02 Å². The van der Waals surface area contributed by atoms with Crippen molar-refractivity contribution in [3.63, 3.8) is 0 Å². The third-order valence-electron chi connectivity index (χ3n) is 4.14. The first-order valence-electron chi connectivity index (χ1n) is 8.33. The zero-order valence-corrected chi connectivity index (χ0v) is 16.3. The Morgan fingerprint density at radius 2 is 1.85 bits per heavy atom. The number of oxazole rings is 1. The summed E-state index contributed by atoms with van der Waals surface area (Å²) in [6, 6.07) is 13.5. The van der Waals surface area contributed by atoms with Crippen molar-refractivity contribution in [2.24, 2.45) is 0 Å². The number of aromatic nitrogens is 3. The van der Waals surface area contributed by atoms with Crippen molar-refractivity contribution in [1.29, 1.82) is 0 Å². The van der Waals surface area contributed by atoms with Crippen molar-refractivity contribution < 1.29 is 8.83 Å². The van der Waals surface area contributed by atoms with Crippen LogP contribution in [-0.4, -0.2) is 15.2 Å². The zero-order valence-electron chi connectivity index (χ0n) is 14.8. The number of rotatable bonds is 5. The average Bonchev–Trinajstić information content (AvgIpc) is 3.32. The molecule has 5 nitrogen and oxygen atoms in total. The summed E-state index contributed by atoms with van der Waals surface area (Å²) < 4.78 is 11.5. The van der Waals surface area contributed by atoms with Crippen LogP contribution in [0.25, 0.3) is 22.8 Å². The molecule has 0 saturated heterocycles. The Kier molecular flexibility index (Phi) is 5.01. The summed E-state index contributed by atoms with van der Waals surface area (Å²) in [6.07, 6.45) is 1.69. The summed E-state index contributed by atoms with van der Waals surface area (Å²) in [6.45, 7) is 4.13. The summed E-state index contributed by atoms with van der Waals surface area (Å²) in [7, 11) is 0. The molecule has 0 unspecified atom stereocenters. The Morgan fingerprint density at radius 3 is 2.67 bits per heavy atom. The Balaban J connectivity index is 1.44. The van der Waals surface area contributed by atoms with Gasteiger partial charge in [-0.2, -0.15) is 0 Å². The normalized spacial score (nSPS) is 11.1. The van der Waals surface area contributed by atoms with Crippen molar-refractivity contribution in [3.05, 3.63) is 70.7 Å². The molecule has 0 fully saturated rings. The van der Waals surface area contributed by atoms with E-state index in [1.54, 1.807) is 6.20 Å². The first kappa shape index (κ1) is 17.8. The average molecular weight is 398 g/mol. The van der Waals surface area contributed by atoms with Gasteiger partial charge in [0.15, 0.2) is 5.76 Å². The van der Waals surface area contributed by atoms with E-state index < -0.39 is 0 Å². The van der Waals surface area contributed by atoms with E-state index in [2.05, 4.69) is 29.0 Å². The van der Waals surface area contributed by atoms with Crippen LogP contribution in [0.15, 0.2) is 62.7 Å². The molecule has 0 atom stereocenters. The molecule has 27 heavy (non-hydrogen) atoms. The molecule has 4 aromatic rings. The van der Waals surface area contributed by atoms with E-state index in [0.717, 1.165) is 11.1 Å². The molecule has 0 aliphatic heterocycles. The predicted octanol–water partition coefficient (Wildman–Crippen LogP) is 5.95. The van der Waals surface area contributed by atoms with Gasteiger partial charge in [0.25, 0.3) is 5.22 Å². The molecule has 0 aliphatic rings. The van der Waals surface area contributed by atoms with Gasteiger partial charge in [0.05, 0.1) is 11.9 Å². The van der Waals surface area contributed by atoms with E-state index in [-0.39, 0.29) is 0 Å². The number of benzene rings is 2. The van der Waals surface area contributed by atoms with Crippen molar-refractivity contribution in [3.8, 4) is 22.8 Å². The maximum Gasteiger partial charge on any atom is 0.277 e. The predicted molar refractivity (Wildman–Crippen MR) is 106 cm³/mol. The Morgan fingerprint density at radius 1 is 0.963 bits per heavy atom. The molecule has 0 spiro atoms. The van der Waals surface area contributed by atoms with Gasteiger partial charge >= 0.3 is 0 Å². The van der Waals surface area contributed by atoms with Gasteiger partial charge in [-0.05, 0) is 49.2 Å². The number of aryl methyl sites for hydroxylation is 2. The summed E-state index contributed by atoms with van der Waals surface area (Å²) in [4.78, 5) is 4.30. The van der Waals surface area contributed by atoms with Crippen LogP contribution in [0, 0.1) is 13.8 Å². The van der Waals surface area contributed by atoms with E-state index in [4.69, 9.17) is 20.4 Å². The van der Waals surface area contributed by atoms with Crippen LogP contribution in [-0.2, 0) is 5.75 Å². The lowest BCUT2D eigenvalue weighted by Gasteiger charge is -2.00. The highest BCUT2D eigenvalue weighted by Gasteiger charge is 2.12. The monoisotopic (exact) mass is 397 g/mol. The maximum absolute atomic E-state index is 6.02. The van der Waals surface area contributed by atoms with Crippen molar-refractivity contribution >= 4 is 23.4 Å². The molecule has 2 aromatic heterocycles. The molecular formula is C20H16ClN3O2S. The zero-order chi connectivity index (χ0) is 18.8. The van der Waals surface area contributed by atoms with E-state index in [1.165, 1.54) is 22.9 Å². The first-order chi connectivity index (χ1) is 13.1. The molecule has 2 heterocycles. The Labute approximate surface area is 165 Å². The second-order valence-corrected chi connectivity index (χ2v) is 7.45. The second-order valence-electron chi connectivity index (χ2n) is 6.09. The summed E-state index contributed by atoms with van der Waals surface area (Å²) >= 11 is 7.41. The van der Waals surface area contributed by atoms with E-state index in [9.17, 15) is 0 Å². The SMILES string of the molecule is Cc1ccc(-c2nnc(SCc3ncc(-c4cccc(Cl)c4)o3)o2)cc1C. The fourth-order valence-electron chi connectivity index (χ4n) is 2.53. The van der Waals surface area contributed by atoms with E-state index in [0.29, 0.717) is 33.5 Å². The van der Waals surface area contributed by atoms with Crippen molar-refractivity contribution in [2.45, 2.75) is 24.8 Å². The Hall–Kier alpha value is -2.57.